The molecule has 128 valence electrons. The van der Waals surface area contributed by atoms with E-state index in [2.05, 4.69) is 5.32 Å². The molecule has 8 heteroatoms. The van der Waals surface area contributed by atoms with Gasteiger partial charge in [-0.3, -0.25) is 14.9 Å². The Labute approximate surface area is 146 Å². The molecule has 0 saturated heterocycles. The fraction of sp³-hybridized carbons (Fsp3) is 0.250. The van der Waals surface area contributed by atoms with Crippen molar-refractivity contribution < 1.29 is 9.72 Å². The average molecular weight is 348 g/mol. The van der Waals surface area contributed by atoms with Gasteiger partial charge in [0, 0.05) is 34.3 Å². The van der Waals surface area contributed by atoms with Crippen LogP contribution in [0.25, 0.3) is 6.08 Å². The van der Waals surface area contributed by atoms with Gasteiger partial charge in [0.2, 0.25) is 5.91 Å². The molecular weight excluding hydrogens is 328 g/mol. The van der Waals surface area contributed by atoms with Gasteiger partial charge < -0.3 is 15.1 Å². The Balaban J connectivity index is 2.97. The SMILES string of the molecule is CN(C)C(=C(C(=S)NC(=O)/C=C/c1ccccc1)[N+](=O)[O-])N(C)C. The van der Waals surface area contributed by atoms with Gasteiger partial charge in [0.25, 0.3) is 0 Å². The monoisotopic (exact) mass is 348 g/mol. The fourth-order valence-electron chi connectivity index (χ4n) is 2.04. The molecule has 0 heterocycles. The standard InChI is InChI=1S/C16H20N4O3S/c1-18(2)16(19(3)4)14(20(22)23)15(24)17-13(21)11-10-12-8-6-5-7-9-12/h5-11H,1-4H3,(H,17,21,24)/b11-10+. The van der Waals surface area contributed by atoms with Crippen molar-refractivity contribution in [3.05, 3.63) is 63.6 Å². The van der Waals surface area contributed by atoms with Crippen LogP contribution in [0.15, 0.2) is 47.9 Å². The summed E-state index contributed by atoms with van der Waals surface area (Å²) in [7, 11) is 6.66. The van der Waals surface area contributed by atoms with Crippen LogP contribution in [-0.4, -0.2) is 53.8 Å². The van der Waals surface area contributed by atoms with Gasteiger partial charge in [-0.25, -0.2) is 0 Å². The van der Waals surface area contributed by atoms with Crippen molar-refractivity contribution in [2.24, 2.45) is 0 Å². The second kappa shape index (κ2) is 8.78. The zero-order valence-electron chi connectivity index (χ0n) is 14.0. The van der Waals surface area contributed by atoms with E-state index >= 15 is 0 Å². The van der Waals surface area contributed by atoms with E-state index in [9.17, 15) is 14.9 Å². The van der Waals surface area contributed by atoms with Crippen LogP contribution in [0.2, 0.25) is 0 Å². The highest BCUT2D eigenvalue weighted by Gasteiger charge is 2.28. The summed E-state index contributed by atoms with van der Waals surface area (Å²) in [6, 6.07) is 9.22. The van der Waals surface area contributed by atoms with Crippen molar-refractivity contribution in [1.29, 1.82) is 0 Å². The van der Waals surface area contributed by atoms with Gasteiger partial charge in [-0.2, -0.15) is 0 Å². The molecule has 0 aromatic heterocycles. The van der Waals surface area contributed by atoms with Crippen LogP contribution in [0.5, 0.6) is 0 Å². The third-order valence-electron chi connectivity index (χ3n) is 2.92. The molecule has 0 aliphatic carbocycles. The lowest BCUT2D eigenvalue weighted by molar-refractivity contribution is -0.418. The Hall–Kier alpha value is -2.74. The summed E-state index contributed by atoms with van der Waals surface area (Å²) in [4.78, 5) is 25.6. The van der Waals surface area contributed by atoms with Crippen molar-refractivity contribution in [3.63, 3.8) is 0 Å². The quantitative estimate of drug-likeness (QED) is 0.365. The van der Waals surface area contributed by atoms with Crippen LogP contribution < -0.4 is 5.32 Å². The largest absolute Gasteiger partial charge is 0.359 e. The van der Waals surface area contributed by atoms with Crippen LogP contribution in [0.1, 0.15) is 5.56 Å². The van der Waals surface area contributed by atoms with E-state index < -0.39 is 10.8 Å². The molecule has 7 nitrogen and oxygen atoms in total. The van der Waals surface area contributed by atoms with Crippen LogP contribution in [0, 0.1) is 10.1 Å². The van der Waals surface area contributed by atoms with Crippen LogP contribution in [0.4, 0.5) is 0 Å². The average Bonchev–Trinajstić information content (AvgIpc) is 2.50. The number of rotatable bonds is 6. The summed E-state index contributed by atoms with van der Waals surface area (Å²) in [5, 5.41) is 13.8. The molecule has 0 aliphatic heterocycles. The second-order valence-corrected chi connectivity index (χ2v) is 5.69. The maximum absolute atomic E-state index is 12.0. The van der Waals surface area contributed by atoms with Crippen molar-refractivity contribution in [2.75, 3.05) is 28.2 Å². The smallest absolute Gasteiger partial charge is 0.343 e. The number of carbonyl (C=O) groups excluding carboxylic acids is 1. The van der Waals surface area contributed by atoms with Crippen LogP contribution in [0.3, 0.4) is 0 Å². The zero-order chi connectivity index (χ0) is 18.3. The Morgan fingerprint density at radius 2 is 1.71 bits per heavy atom. The molecule has 0 saturated carbocycles. The molecule has 1 amide bonds. The Morgan fingerprint density at radius 3 is 2.17 bits per heavy atom. The highest BCUT2D eigenvalue weighted by Crippen LogP contribution is 2.12. The summed E-state index contributed by atoms with van der Waals surface area (Å²) in [5.74, 6) is -0.239. The molecule has 1 aromatic carbocycles. The number of benzene rings is 1. The lowest BCUT2D eigenvalue weighted by Gasteiger charge is -2.24. The van der Waals surface area contributed by atoms with Gasteiger partial charge in [-0.1, -0.05) is 42.5 Å². The summed E-state index contributed by atoms with van der Waals surface area (Å²) in [6.07, 6.45) is 2.89. The van der Waals surface area contributed by atoms with Gasteiger partial charge in [0.05, 0.1) is 4.92 Å². The maximum atomic E-state index is 12.0. The number of nitrogens with zero attached hydrogens (tertiary/aromatic N) is 3. The molecule has 0 radical (unpaired) electrons. The molecule has 0 bridgehead atoms. The zero-order valence-corrected chi connectivity index (χ0v) is 14.8. The number of nitro groups is 1. The minimum absolute atomic E-state index is 0.236. The molecule has 0 fully saturated rings. The summed E-state index contributed by atoms with van der Waals surface area (Å²) in [6.45, 7) is 0. The van der Waals surface area contributed by atoms with E-state index in [-0.39, 0.29) is 16.5 Å². The first-order chi connectivity index (χ1) is 11.2. The van der Waals surface area contributed by atoms with Crippen molar-refractivity contribution in [3.8, 4) is 0 Å². The van der Waals surface area contributed by atoms with Gasteiger partial charge >= 0.3 is 5.70 Å². The Kier molecular flexibility index (Phi) is 7.06. The lowest BCUT2D eigenvalue weighted by atomic mass is 10.2. The lowest BCUT2D eigenvalue weighted by Crippen LogP contribution is -2.37. The summed E-state index contributed by atoms with van der Waals surface area (Å²) < 4.78 is 0. The van der Waals surface area contributed by atoms with E-state index in [1.54, 1.807) is 44.1 Å². The molecule has 1 aromatic rings. The van der Waals surface area contributed by atoms with E-state index in [4.69, 9.17) is 12.2 Å². The number of hydrogen-bond acceptors (Lipinski definition) is 6. The minimum Gasteiger partial charge on any atom is -0.359 e. The fourth-order valence-corrected chi connectivity index (χ4v) is 2.30. The number of carbonyl (C=O) groups is 1. The van der Waals surface area contributed by atoms with Crippen molar-refractivity contribution >= 4 is 29.2 Å². The first-order valence-corrected chi connectivity index (χ1v) is 7.46. The first kappa shape index (κ1) is 19.3. The molecule has 1 rings (SSSR count). The van der Waals surface area contributed by atoms with Crippen LogP contribution in [-0.2, 0) is 4.79 Å². The highest BCUT2D eigenvalue weighted by molar-refractivity contribution is 7.80. The van der Waals surface area contributed by atoms with Crippen molar-refractivity contribution in [2.45, 2.75) is 0 Å². The van der Waals surface area contributed by atoms with E-state index in [0.29, 0.717) is 0 Å². The predicted molar refractivity (Wildman–Crippen MR) is 97.6 cm³/mol. The third-order valence-corrected chi connectivity index (χ3v) is 3.22. The maximum Gasteiger partial charge on any atom is 0.343 e. The third kappa shape index (κ3) is 5.47. The van der Waals surface area contributed by atoms with Gasteiger partial charge in [-0.15, -0.1) is 0 Å². The molecule has 1 N–H and O–H groups in total. The molecule has 0 aliphatic rings. The van der Waals surface area contributed by atoms with Crippen molar-refractivity contribution in [1.82, 2.24) is 15.1 Å². The van der Waals surface area contributed by atoms with E-state index in [1.807, 2.05) is 30.3 Å². The molecular formula is C16H20N4O3S. The molecule has 0 unspecified atom stereocenters. The Morgan fingerprint density at radius 1 is 1.17 bits per heavy atom. The predicted octanol–water partition coefficient (Wildman–Crippen LogP) is 1.71. The minimum atomic E-state index is -0.598. The summed E-state index contributed by atoms with van der Waals surface area (Å²) in [5.41, 5.74) is 0.507. The number of hydrogen-bond donors (Lipinski definition) is 1. The van der Waals surface area contributed by atoms with Gasteiger partial charge in [0.1, 0.15) is 0 Å². The molecule has 0 atom stereocenters. The normalized spacial score (nSPS) is 10.2. The number of amides is 1. The second-order valence-electron chi connectivity index (χ2n) is 5.28. The van der Waals surface area contributed by atoms with Crippen LogP contribution >= 0.6 is 12.2 Å². The number of nitrogens with one attached hydrogen (secondary N) is 1. The molecule has 24 heavy (non-hydrogen) atoms. The highest BCUT2D eigenvalue weighted by atomic mass is 32.1. The number of thiocarbonyl (C=S) groups is 1. The van der Waals surface area contributed by atoms with Gasteiger partial charge in [0.15, 0.2) is 10.8 Å². The van der Waals surface area contributed by atoms with Gasteiger partial charge in [-0.05, 0) is 11.6 Å². The van der Waals surface area contributed by atoms with E-state index in [0.717, 1.165) is 5.56 Å². The molecule has 0 spiro atoms. The Bertz CT molecular complexity index is 672. The topological polar surface area (TPSA) is 78.7 Å². The summed E-state index contributed by atoms with van der Waals surface area (Å²) >= 11 is 5.05. The first-order valence-electron chi connectivity index (χ1n) is 7.05. The van der Waals surface area contributed by atoms with E-state index in [1.165, 1.54) is 6.08 Å².